The van der Waals surface area contributed by atoms with Gasteiger partial charge in [-0.05, 0) is 47.7 Å². The van der Waals surface area contributed by atoms with Crippen LogP contribution in [-0.2, 0) is 9.53 Å². The van der Waals surface area contributed by atoms with E-state index >= 15 is 0 Å². The van der Waals surface area contributed by atoms with E-state index in [2.05, 4.69) is 31.0 Å². The Balaban J connectivity index is 1.89. The van der Waals surface area contributed by atoms with E-state index in [0.29, 0.717) is 22.2 Å². The zero-order chi connectivity index (χ0) is 17.3. The predicted octanol–water partition coefficient (Wildman–Crippen LogP) is 5.12. The molecule has 1 aliphatic rings. The van der Waals surface area contributed by atoms with Crippen LogP contribution >= 0.6 is 11.6 Å². The summed E-state index contributed by atoms with van der Waals surface area (Å²) in [5, 5.41) is 0.618. The van der Waals surface area contributed by atoms with E-state index in [1.54, 1.807) is 12.1 Å². The van der Waals surface area contributed by atoms with Gasteiger partial charge in [-0.25, -0.2) is 9.79 Å². The smallest absolute Gasteiger partial charge is 0.363 e. The van der Waals surface area contributed by atoms with E-state index in [4.69, 9.17) is 16.3 Å². The quantitative estimate of drug-likeness (QED) is 0.575. The van der Waals surface area contributed by atoms with Gasteiger partial charge in [-0.2, -0.15) is 0 Å². The van der Waals surface area contributed by atoms with Crippen molar-refractivity contribution in [2.24, 2.45) is 4.99 Å². The molecule has 24 heavy (non-hydrogen) atoms. The Labute approximate surface area is 146 Å². The van der Waals surface area contributed by atoms with Gasteiger partial charge in [0, 0.05) is 10.6 Å². The molecule has 0 atom stereocenters. The molecule has 3 nitrogen and oxygen atoms in total. The number of hydrogen-bond acceptors (Lipinski definition) is 3. The number of aryl methyl sites for hydroxylation is 1. The summed E-state index contributed by atoms with van der Waals surface area (Å²) >= 11 is 6.12. The van der Waals surface area contributed by atoms with Gasteiger partial charge in [-0.1, -0.05) is 55.8 Å². The van der Waals surface area contributed by atoms with Crippen LogP contribution in [0, 0.1) is 6.92 Å². The number of halogens is 1. The van der Waals surface area contributed by atoms with Crippen molar-refractivity contribution in [3.8, 4) is 0 Å². The summed E-state index contributed by atoms with van der Waals surface area (Å²) in [4.78, 5) is 16.4. The molecule has 0 bridgehead atoms. The highest BCUT2D eigenvalue weighted by Gasteiger charge is 2.24. The van der Waals surface area contributed by atoms with Crippen molar-refractivity contribution in [3.05, 3.63) is 75.4 Å². The maximum atomic E-state index is 12.1. The van der Waals surface area contributed by atoms with Crippen molar-refractivity contribution in [3.63, 3.8) is 0 Å². The van der Waals surface area contributed by atoms with E-state index in [1.165, 1.54) is 5.56 Å². The van der Waals surface area contributed by atoms with Crippen LogP contribution in [0.15, 0.2) is 53.2 Å². The van der Waals surface area contributed by atoms with Gasteiger partial charge in [0.25, 0.3) is 0 Å². The molecule has 1 aliphatic heterocycles. The minimum absolute atomic E-state index is 0.284. The van der Waals surface area contributed by atoms with Crippen LogP contribution in [0.2, 0.25) is 5.02 Å². The molecule has 0 saturated carbocycles. The van der Waals surface area contributed by atoms with Gasteiger partial charge in [0.15, 0.2) is 5.70 Å². The largest absolute Gasteiger partial charge is 0.402 e. The van der Waals surface area contributed by atoms with Crippen LogP contribution in [0.25, 0.3) is 6.08 Å². The minimum atomic E-state index is -0.449. The van der Waals surface area contributed by atoms with Crippen LogP contribution in [0.4, 0.5) is 0 Å². The lowest BCUT2D eigenvalue weighted by atomic mass is 10.0. The zero-order valence-corrected chi connectivity index (χ0v) is 14.6. The third-order valence-electron chi connectivity index (χ3n) is 3.95. The molecule has 0 N–H and O–H groups in total. The molecule has 2 aromatic rings. The molecule has 2 aromatic carbocycles. The van der Waals surface area contributed by atoms with Crippen molar-refractivity contribution in [2.75, 3.05) is 0 Å². The molecule has 3 rings (SSSR count). The van der Waals surface area contributed by atoms with E-state index in [1.807, 2.05) is 31.2 Å². The number of benzene rings is 2. The average Bonchev–Trinajstić information content (AvgIpc) is 2.91. The lowest BCUT2D eigenvalue weighted by Crippen LogP contribution is -2.05. The Hall–Kier alpha value is -2.39. The first kappa shape index (κ1) is 16.5. The molecular weight excluding hydrogens is 322 g/mol. The third kappa shape index (κ3) is 3.41. The number of esters is 1. The third-order valence-corrected chi connectivity index (χ3v) is 4.35. The summed E-state index contributed by atoms with van der Waals surface area (Å²) in [6, 6.07) is 13.5. The summed E-state index contributed by atoms with van der Waals surface area (Å²) in [5.41, 5.74) is 4.12. The first-order chi connectivity index (χ1) is 11.4. The Kier molecular flexibility index (Phi) is 4.54. The van der Waals surface area contributed by atoms with Gasteiger partial charge in [-0.3, -0.25) is 0 Å². The molecule has 0 aliphatic carbocycles. The summed E-state index contributed by atoms with van der Waals surface area (Å²) in [6.07, 6.45) is 1.73. The Morgan fingerprint density at radius 1 is 1.12 bits per heavy atom. The Morgan fingerprint density at radius 3 is 2.46 bits per heavy atom. The van der Waals surface area contributed by atoms with Crippen molar-refractivity contribution in [1.29, 1.82) is 0 Å². The predicted molar refractivity (Wildman–Crippen MR) is 97.3 cm³/mol. The van der Waals surface area contributed by atoms with Gasteiger partial charge in [0.2, 0.25) is 5.90 Å². The number of rotatable bonds is 3. The first-order valence-electron chi connectivity index (χ1n) is 7.83. The van der Waals surface area contributed by atoms with Crippen LogP contribution in [0.1, 0.15) is 42.0 Å². The number of aliphatic imine (C=N–C) groups is 1. The van der Waals surface area contributed by atoms with E-state index in [9.17, 15) is 4.79 Å². The summed E-state index contributed by atoms with van der Waals surface area (Å²) < 4.78 is 5.27. The molecule has 0 radical (unpaired) electrons. The normalized spacial score (nSPS) is 15.8. The molecule has 0 unspecified atom stereocenters. The maximum absolute atomic E-state index is 12.1. The summed E-state index contributed by atoms with van der Waals surface area (Å²) in [6.45, 7) is 6.21. The monoisotopic (exact) mass is 339 g/mol. The highest BCUT2D eigenvalue weighted by atomic mass is 35.5. The first-order valence-corrected chi connectivity index (χ1v) is 8.21. The number of nitrogens with zero attached hydrogens (tertiary/aromatic N) is 1. The Bertz CT molecular complexity index is 848. The molecule has 122 valence electrons. The maximum Gasteiger partial charge on any atom is 0.363 e. The fourth-order valence-electron chi connectivity index (χ4n) is 2.39. The molecule has 4 heteroatoms. The van der Waals surface area contributed by atoms with Gasteiger partial charge in [-0.15, -0.1) is 0 Å². The SMILES string of the molecule is Cc1ccc(C2=N/C(=C\c3ccc(C(C)C)cc3)C(=O)O2)cc1Cl. The number of ether oxygens (including phenoxy) is 1. The lowest BCUT2D eigenvalue weighted by Gasteiger charge is -2.04. The van der Waals surface area contributed by atoms with E-state index < -0.39 is 5.97 Å². The number of carbonyl (C=O) groups is 1. The molecule has 0 fully saturated rings. The molecule has 1 heterocycles. The topological polar surface area (TPSA) is 38.7 Å². The minimum Gasteiger partial charge on any atom is -0.402 e. The highest BCUT2D eigenvalue weighted by Crippen LogP contribution is 2.23. The molecular formula is C20H18ClNO2. The second kappa shape index (κ2) is 6.62. The van der Waals surface area contributed by atoms with Gasteiger partial charge in [0.05, 0.1) is 0 Å². The van der Waals surface area contributed by atoms with Crippen LogP contribution in [-0.4, -0.2) is 11.9 Å². The van der Waals surface area contributed by atoms with Crippen molar-refractivity contribution in [1.82, 2.24) is 0 Å². The van der Waals surface area contributed by atoms with Crippen LogP contribution in [0.5, 0.6) is 0 Å². The lowest BCUT2D eigenvalue weighted by molar-refractivity contribution is -0.129. The fraction of sp³-hybridized carbons (Fsp3) is 0.200. The van der Waals surface area contributed by atoms with E-state index in [0.717, 1.165) is 11.1 Å². The Morgan fingerprint density at radius 2 is 1.83 bits per heavy atom. The number of cyclic esters (lactones) is 1. The average molecular weight is 340 g/mol. The zero-order valence-electron chi connectivity index (χ0n) is 13.8. The molecule has 0 aromatic heterocycles. The number of carbonyl (C=O) groups excluding carboxylic acids is 1. The number of hydrogen-bond donors (Lipinski definition) is 0. The second-order valence-electron chi connectivity index (χ2n) is 6.12. The van der Waals surface area contributed by atoms with Gasteiger partial charge < -0.3 is 4.74 Å². The molecule has 0 amide bonds. The van der Waals surface area contributed by atoms with Crippen LogP contribution < -0.4 is 0 Å². The van der Waals surface area contributed by atoms with Gasteiger partial charge >= 0.3 is 5.97 Å². The molecule has 0 saturated heterocycles. The summed E-state index contributed by atoms with van der Waals surface area (Å²) in [5.74, 6) is 0.306. The summed E-state index contributed by atoms with van der Waals surface area (Å²) in [7, 11) is 0. The van der Waals surface area contributed by atoms with E-state index in [-0.39, 0.29) is 5.90 Å². The van der Waals surface area contributed by atoms with Crippen molar-refractivity contribution in [2.45, 2.75) is 26.7 Å². The fourth-order valence-corrected chi connectivity index (χ4v) is 2.57. The molecule has 0 spiro atoms. The highest BCUT2D eigenvalue weighted by molar-refractivity contribution is 6.31. The van der Waals surface area contributed by atoms with Gasteiger partial charge in [0.1, 0.15) is 0 Å². The second-order valence-corrected chi connectivity index (χ2v) is 6.53. The standard InChI is InChI=1S/C20H18ClNO2/c1-12(2)15-8-5-14(6-9-15)10-18-20(23)24-19(22-18)16-7-4-13(3)17(21)11-16/h4-12H,1-3H3/b18-10-. The van der Waals surface area contributed by atoms with Crippen molar-refractivity contribution < 1.29 is 9.53 Å². The van der Waals surface area contributed by atoms with Crippen LogP contribution in [0.3, 0.4) is 0 Å². The van der Waals surface area contributed by atoms with Crippen molar-refractivity contribution >= 4 is 29.5 Å².